The highest BCUT2D eigenvalue weighted by Gasteiger charge is 2.24. The summed E-state index contributed by atoms with van der Waals surface area (Å²) < 4.78 is 7.30. The third-order valence-corrected chi connectivity index (χ3v) is 4.85. The molecule has 0 aromatic heterocycles. The molecular formula is C17H26BrNO. The van der Waals surface area contributed by atoms with Crippen LogP contribution in [0.2, 0.25) is 0 Å². The first-order valence-corrected chi connectivity index (χ1v) is 8.41. The van der Waals surface area contributed by atoms with E-state index in [-0.39, 0.29) is 0 Å². The predicted molar refractivity (Wildman–Crippen MR) is 87.7 cm³/mol. The van der Waals surface area contributed by atoms with Crippen molar-refractivity contribution in [2.45, 2.75) is 52.4 Å². The number of benzene rings is 1. The Hall–Kier alpha value is -0.380. The number of hydrogen-bond acceptors (Lipinski definition) is 2. The maximum Gasteiger partial charge on any atom is 0.0731 e. The van der Waals surface area contributed by atoms with Crippen LogP contribution < -0.4 is 5.32 Å². The summed E-state index contributed by atoms with van der Waals surface area (Å²) in [5, 5.41) is 3.17. The van der Waals surface area contributed by atoms with Crippen molar-refractivity contribution in [3.05, 3.63) is 33.8 Å². The molecule has 0 radical (unpaired) electrons. The normalized spacial score (nSPS) is 26.7. The molecule has 112 valence electrons. The van der Waals surface area contributed by atoms with Gasteiger partial charge in [0.1, 0.15) is 0 Å². The van der Waals surface area contributed by atoms with Crippen molar-refractivity contribution >= 4 is 15.9 Å². The van der Waals surface area contributed by atoms with Gasteiger partial charge in [0.25, 0.3) is 0 Å². The summed E-state index contributed by atoms with van der Waals surface area (Å²) in [6, 6.07) is 6.53. The van der Waals surface area contributed by atoms with E-state index in [9.17, 15) is 0 Å². The Morgan fingerprint density at radius 3 is 2.50 bits per heavy atom. The van der Waals surface area contributed by atoms with E-state index in [0.717, 1.165) is 22.9 Å². The van der Waals surface area contributed by atoms with Crippen molar-refractivity contribution in [2.24, 2.45) is 11.8 Å². The van der Waals surface area contributed by atoms with E-state index in [2.05, 4.69) is 53.3 Å². The van der Waals surface area contributed by atoms with Crippen LogP contribution in [0.3, 0.4) is 0 Å². The van der Waals surface area contributed by atoms with E-state index in [1.165, 1.54) is 30.4 Å². The lowest BCUT2D eigenvalue weighted by atomic mass is 9.82. The Balaban J connectivity index is 1.90. The van der Waals surface area contributed by atoms with Crippen molar-refractivity contribution < 1.29 is 4.74 Å². The highest BCUT2D eigenvalue weighted by atomic mass is 79.9. The molecule has 2 unspecified atom stereocenters. The molecule has 0 heterocycles. The molecule has 1 aliphatic rings. The lowest BCUT2D eigenvalue weighted by Gasteiger charge is -2.31. The van der Waals surface area contributed by atoms with Crippen molar-refractivity contribution in [1.82, 2.24) is 5.32 Å². The Bertz CT molecular complexity index is 425. The minimum atomic E-state index is 0.428. The van der Waals surface area contributed by atoms with E-state index in [1.807, 2.05) is 7.05 Å². The van der Waals surface area contributed by atoms with Crippen molar-refractivity contribution in [3.63, 3.8) is 0 Å². The molecule has 0 bridgehead atoms. The second-order valence-electron chi connectivity index (χ2n) is 6.31. The number of nitrogens with one attached hydrogen (secondary N) is 1. The van der Waals surface area contributed by atoms with E-state index in [4.69, 9.17) is 4.74 Å². The molecule has 1 saturated carbocycles. The Morgan fingerprint density at radius 2 is 1.90 bits per heavy atom. The van der Waals surface area contributed by atoms with Crippen LogP contribution in [-0.2, 0) is 17.9 Å². The van der Waals surface area contributed by atoms with E-state index in [0.29, 0.717) is 12.7 Å². The largest absolute Gasteiger partial charge is 0.373 e. The lowest BCUT2D eigenvalue weighted by molar-refractivity contribution is -0.00937. The molecule has 1 aromatic rings. The average molecular weight is 340 g/mol. The van der Waals surface area contributed by atoms with Gasteiger partial charge in [0.05, 0.1) is 12.7 Å². The second kappa shape index (κ2) is 7.58. The zero-order valence-corrected chi connectivity index (χ0v) is 14.4. The van der Waals surface area contributed by atoms with Crippen LogP contribution in [0.25, 0.3) is 0 Å². The summed E-state index contributed by atoms with van der Waals surface area (Å²) in [7, 11) is 1.97. The molecule has 20 heavy (non-hydrogen) atoms. The quantitative estimate of drug-likeness (QED) is 0.852. The second-order valence-corrected chi connectivity index (χ2v) is 7.16. The van der Waals surface area contributed by atoms with Gasteiger partial charge in [-0.1, -0.05) is 41.9 Å². The molecule has 0 spiro atoms. The fraction of sp³-hybridized carbons (Fsp3) is 0.647. The van der Waals surface area contributed by atoms with E-state index < -0.39 is 0 Å². The molecule has 0 saturated heterocycles. The minimum absolute atomic E-state index is 0.428. The molecule has 0 amide bonds. The number of hydrogen-bond donors (Lipinski definition) is 1. The van der Waals surface area contributed by atoms with Gasteiger partial charge >= 0.3 is 0 Å². The molecule has 1 aliphatic carbocycles. The van der Waals surface area contributed by atoms with Gasteiger partial charge in [-0.15, -0.1) is 0 Å². The topological polar surface area (TPSA) is 21.3 Å². The van der Waals surface area contributed by atoms with Crippen molar-refractivity contribution in [3.8, 4) is 0 Å². The van der Waals surface area contributed by atoms with Gasteiger partial charge in [-0.25, -0.2) is 0 Å². The van der Waals surface area contributed by atoms with E-state index >= 15 is 0 Å². The third-order valence-electron chi connectivity index (χ3n) is 4.11. The highest BCUT2D eigenvalue weighted by Crippen LogP contribution is 2.31. The van der Waals surface area contributed by atoms with Crippen LogP contribution in [0, 0.1) is 11.8 Å². The maximum absolute atomic E-state index is 6.14. The molecule has 0 aliphatic heterocycles. The Kier molecular flexibility index (Phi) is 6.06. The summed E-state index contributed by atoms with van der Waals surface area (Å²) in [5.41, 5.74) is 2.54. The SMILES string of the molecule is CNCc1ccc(COC2CC(C)CC(C)C2)c(Br)c1. The number of ether oxygens (including phenoxy) is 1. The summed E-state index contributed by atoms with van der Waals surface area (Å²) in [6.45, 7) is 6.30. The first-order chi connectivity index (χ1) is 9.58. The van der Waals surface area contributed by atoms with Crippen molar-refractivity contribution in [2.75, 3.05) is 7.05 Å². The summed E-state index contributed by atoms with van der Waals surface area (Å²) in [6.07, 6.45) is 4.19. The molecule has 2 rings (SSSR count). The standard InChI is InChI=1S/C17H26BrNO/c1-12-6-13(2)8-16(7-12)20-11-15-5-4-14(10-19-3)9-17(15)18/h4-5,9,12-13,16,19H,6-8,10-11H2,1-3H3. The zero-order valence-electron chi connectivity index (χ0n) is 12.8. The molecule has 3 heteroatoms. The molecule has 2 atom stereocenters. The van der Waals surface area contributed by atoms with Gasteiger partial charge in [-0.05, 0) is 55.3 Å². The van der Waals surface area contributed by atoms with Crippen LogP contribution in [-0.4, -0.2) is 13.2 Å². The minimum Gasteiger partial charge on any atom is -0.373 e. The average Bonchev–Trinajstić information content (AvgIpc) is 2.37. The maximum atomic E-state index is 6.14. The van der Waals surface area contributed by atoms with Gasteiger partial charge in [0.2, 0.25) is 0 Å². The first-order valence-electron chi connectivity index (χ1n) is 7.62. The number of halogens is 1. The smallest absolute Gasteiger partial charge is 0.0731 e. The molecule has 1 N–H and O–H groups in total. The Labute approximate surface area is 131 Å². The lowest BCUT2D eigenvalue weighted by Crippen LogP contribution is -2.26. The van der Waals surface area contributed by atoms with Crippen LogP contribution in [0.4, 0.5) is 0 Å². The molecule has 1 fully saturated rings. The van der Waals surface area contributed by atoms with Crippen molar-refractivity contribution in [1.29, 1.82) is 0 Å². The van der Waals surface area contributed by atoms with Crippen LogP contribution in [0.5, 0.6) is 0 Å². The van der Waals surface area contributed by atoms with Crippen LogP contribution in [0.1, 0.15) is 44.2 Å². The molecular weight excluding hydrogens is 314 g/mol. The van der Waals surface area contributed by atoms with Gasteiger partial charge in [-0.2, -0.15) is 0 Å². The Morgan fingerprint density at radius 1 is 1.20 bits per heavy atom. The fourth-order valence-electron chi connectivity index (χ4n) is 3.24. The highest BCUT2D eigenvalue weighted by molar-refractivity contribution is 9.10. The monoisotopic (exact) mass is 339 g/mol. The third kappa shape index (κ3) is 4.57. The van der Waals surface area contributed by atoms with Gasteiger partial charge in [0, 0.05) is 11.0 Å². The van der Waals surface area contributed by atoms with E-state index in [1.54, 1.807) is 0 Å². The summed E-state index contributed by atoms with van der Waals surface area (Å²) in [5.74, 6) is 1.59. The van der Waals surface area contributed by atoms with Crippen LogP contribution in [0.15, 0.2) is 22.7 Å². The fourth-order valence-corrected chi connectivity index (χ4v) is 3.78. The van der Waals surface area contributed by atoms with Gasteiger partial charge < -0.3 is 10.1 Å². The molecule has 1 aromatic carbocycles. The molecule has 2 nitrogen and oxygen atoms in total. The van der Waals surface area contributed by atoms with Gasteiger partial charge in [0.15, 0.2) is 0 Å². The van der Waals surface area contributed by atoms with Gasteiger partial charge in [-0.3, -0.25) is 0 Å². The van der Waals surface area contributed by atoms with Crippen LogP contribution >= 0.6 is 15.9 Å². The summed E-state index contributed by atoms with van der Waals surface area (Å²) >= 11 is 3.66. The predicted octanol–water partition coefficient (Wildman–Crippen LogP) is 4.51. The first kappa shape index (κ1) is 16.0. The zero-order chi connectivity index (χ0) is 14.5. The number of rotatable bonds is 5. The summed E-state index contributed by atoms with van der Waals surface area (Å²) in [4.78, 5) is 0.